The lowest BCUT2D eigenvalue weighted by molar-refractivity contribution is -0.135. The van der Waals surface area contributed by atoms with E-state index in [0.717, 1.165) is 51.5 Å². The van der Waals surface area contributed by atoms with Gasteiger partial charge < -0.3 is 21.7 Å². The Balaban J connectivity index is 0. The highest BCUT2D eigenvalue weighted by molar-refractivity contribution is 5.85. The normalized spacial score (nSPS) is 16.5. The Labute approximate surface area is 215 Å². The van der Waals surface area contributed by atoms with Crippen LogP contribution in [0.3, 0.4) is 0 Å². The van der Waals surface area contributed by atoms with Crippen LogP contribution >= 0.6 is 24.8 Å². The summed E-state index contributed by atoms with van der Waals surface area (Å²) < 4.78 is 0. The second-order valence-corrected chi connectivity index (χ2v) is 9.30. The molecule has 0 aromatic carbocycles. The topological polar surface area (TPSA) is 101 Å². The van der Waals surface area contributed by atoms with Crippen molar-refractivity contribution in [1.82, 2.24) is 10.2 Å². The molecule has 33 heavy (non-hydrogen) atoms. The number of amides is 2. The van der Waals surface area contributed by atoms with Gasteiger partial charge in [0, 0.05) is 25.6 Å². The third-order valence-corrected chi connectivity index (χ3v) is 6.51. The summed E-state index contributed by atoms with van der Waals surface area (Å²) in [5, 5.41) is 2.98. The minimum Gasteiger partial charge on any atom is -0.353 e. The summed E-state index contributed by atoms with van der Waals surface area (Å²) in [6.07, 6.45) is 19.0. The highest BCUT2D eigenvalue weighted by Gasteiger charge is 2.27. The number of rotatable bonds is 18. The molecule has 0 aromatic heterocycles. The minimum absolute atomic E-state index is 0. The van der Waals surface area contributed by atoms with E-state index in [-0.39, 0.29) is 42.7 Å². The monoisotopic (exact) mass is 510 g/mol. The lowest BCUT2D eigenvalue weighted by atomic mass is 10.0. The molecule has 0 bridgehead atoms. The lowest BCUT2D eigenvalue weighted by Gasteiger charge is -2.36. The maximum atomic E-state index is 12.8. The Morgan fingerprint density at radius 3 is 2.12 bits per heavy atom. The first kappa shape index (κ1) is 34.6. The first-order valence-corrected chi connectivity index (χ1v) is 13.1. The van der Waals surface area contributed by atoms with Gasteiger partial charge in [-0.3, -0.25) is 9.59 Å². The van der Waals surface area contributed by atoms with E-state index in [1.54, 1.807) is 0 Å². The van der Waals surface area contributed by atoms with Gasteiger partial charge >= 0.3 is 0 Å². The number of carbonyl (C=O) groups excluding carboxylic acids is 2. The summed E-state index contributed by atoms with van der Waals surface area (Å²) in [6, 6.07) is -0.365. The lowest BCUT2D eigenvalue weighted by Crippen LogP contribution is -2.51. The SMILES string of the molecule is CCCCCCCCCCCCC(=O)N1CCCCC1CNC(=O)[C@H](N)CCCCN.Cl.Cl. The molecule has 5 N–H and O–H groups in total. The maximum Gasteiger partial charge on any atom is 0.236 e. The van der Waals surface area contributed by atoms with Crippen LogP contribution in [0.25, 0.3) is 0 Å². The second-order valence-electron chi connectivity index (χ2n) is 9.30. The molecule has 1 heterocycles. The molecule has 0 saturated carbocycles. The van der Waals surface area contributed by atoms with E-state index >= 15 is 0 Å². The highest BCUT2D eigenvalue weighted by atomic mass is 35.5. The van der Waals surface area contributed by atoms with Crippen molar-refractivity contribution in [2.24, 2.45) is 11.5 Å². The van der Waals surface area contributed by atoms with Gasteiger partial charge in [0.15, 0.2) is 0 Å². The smallest absolute Gasteiger partial charge is 0.236 e. The molecule has 2 atom stereocenters. The van der Waals surface area contributed by atoms with Crippen LogP contribution in [-0.4, -0.2) is 48.4 Å². The largest absolute Gasteiger partial charge is 0.353 e. The van der Waals surface area contributed by atoms with Gasteiger partial charge in [-0.2, -0.15) is 0 Å². The number of nitrogens with zero attached hydrogens (tertiary/aromatic N) is 1. The van der Waals surface area contributed by atoms with Crippen molar-refractivity contribution in [3.05, 3.63) is 0 Å². The van der Waals surface area contributed by atoms with Gasteiger partial charge in [0.25, 0.3) is 0 Å². The molecular weight excluding hydrogens is 459 g/mol. The number of unbranched alkanes of at least 4 members (excludes halogenated alkanes) is 10. The van der Waals surface area contributed by atoms with Gasteiger partial charge in [-0.15, -0.1) is 24.8 Å². The molecule has 1 aliphatic rings. The van der Waals surface area contributed by atoms with Gasteiger partial charge in [0.2, 0.25) is 11.8 Å². The quantitative estimate of drug-likeness (QED) is 0.223. The zero-order valence-electron chi connectivity index (χ0n) is 21.0. The van der Waals surface area contributed by atoms with E-state index in [1.807, 2.05) is 4.90 Å². The summed E-state index contributed by atoms with van der Waals surface area (Å²) in [4.78, 5) is 27.0. The average molecular weight is 512 g/mol. The molecule has 1 aliphatic heterocycles. The van der Waals surface area contributed by atoms with Gasteiger partial charge in [-0.05, 0) is 45.1 Å². The number of hydrogen-bond donors (Lipinski definition) is 3. The van der Waals surface area contributed by atoms with Gasteiger partial charge in [-0.25, -0.2) is 0 Å². The fourth-order valence-corrected chi connectivity index (χ4v) is 4.44. The Hall–Kier alpha value is -0.560. The van der Waals surface area contributed by atoms with Crippen molar-refractivity contribution in [3.63, 3.8) is 0 Å². The van der Waals surface area contributed by atoms with Crippen molar-refractivity contribution in [1.29, 1.82) is 0 Å². The highest BCUT2D eigenvalue weighted by Crippen LogP contribution is 2.19. The molecule has 0 aliphatic carbocycles. The summed E-state index contributed by atoms with van der Waals surface area (Å²) in [5.74, 6) is 0.149. The third kappa shape index (κ3) is 16.7. The standard InChI is InChI=1S/C25H50N4O2.2ClH/c1-2-3-4-5-6-7-8-9-10-11-18-24(30)29-20-15-13-16-22(29)21-28-25(31)23(27)17-12-14-19-26;;/h22-23H,2-21,26-27H2,1H3,(H,28,31);2*1H/t22?,23-;;/m1../s1. The molecule has 2 amide bonds. The molecule has 1 unspecified atom stereocenters. The third-order valence-electron chi connectivity index (χ3n) is 6.51. The molecule has 0 spiro atoms. The number of hydrogen-bond acceptors (Lipinski definition) is 4. The summed E-state index contributed by atoms with van der Waals surface area (Å²) in [5.41, 5.74) is 11.5. The van der Waals surface area contributed by atoms with Crippen molar-refractivity contribution in [3.8, 4) is 0 Å². The molecule has 198 valence electrons. The van der Waals surface area contributed by atoms with Crippen LogP contribution in [0.5, 0.6) is 0 Å². The predicted molar refractivity (Wildman–Crippen MR) is 144 cm³/mol. The summed E-state index contributed by atoms with van der Waals surface area (Å²) >= 11 is 0. The van der Waals surface area contributed by atoms with Crippen LogP contribution < -0.4 is 16.8 Å². The van der Waals surface area contributed by atoms with E-state index in [9.17, 15) is 9.59 Å². The predicted octanol–water partition coefficient (Wildman–Crippen LogP) is 5.09. The van der Waals surface area contributed by atoms with Crippen LogP contribution in [0.15, 0.2) is 0 Å². The van der Waals surface area contributed by atoms with Crippen molar-refractivity contribution < 1.29 is 9.59 Å². The van der Waals surface area contributed by atoms with E-state index < -0.39 is 6.04 Å². The first-order chi connectivity index (χ1) is 15.1. The number of carbonyl (C=O) groups is 2. The second kappa shape index (κ2) is 23.2. The molecule has 1 rings (SSSR count). The molecule has 1 fully saturated rings. The van der Waals surface area contributed by atoms with Crippen molar-refractivity contribution in [2.75, 3.05) is 19.6 Å². The van der Waals surface area contributed by atoms with E-state index in [1.165, 1.54) is 51.4 Å². The molecule has 0 radical (unpaired) electrons. The molecule has 8 heteroatoms. The summed E-state index contributed by atoms with van der Waals surface area (Å²) in [7, 11) is 0. The number of likely N-dealkylation sites (tertiary alicyclic amines) is 1. The molecular formula is C25H52Cl2N4O2. The van der Waals surface area contributed by atoms with Crippen molar-refractivity contribution >= 4 is 36.6 Å². The van der Waals surface area contributed by atoms with E-state index in [4.69, 9.17) is 11.5 Å². The van der Waals surface area contributed by atoms with Crippen LogP contribution in [0, 0.1) is 0 Å². The molecule has 6 nitrogen and oxygen atoms in total. The Morgan fingerprint density at radius 1 is 0.909 bits per heavy atom. The minimum atomic E-state index is -0.481. The van der Waals surface area contributed by atoms with Gasteiger partial charge in [0.05, 0.1) is 6.04 Å². The van der Waals surface area contributed by atoms with Gasteiger partial charge in [0.1, 0.15) is 0 Å². The number of nitrogens with two attached hydrogens (primary N) is 2. The van der Waals surface area contributed by atoms with Crippen LogP contribution in [0.4, 0.5) is 0 Å². The molecule has 1 saturated heterocycles. The van der Waals surface area contributed by atoms with Gasteiger partial charge in [-0.1, -0.05) is 71.1 Å². The Kier molecular flexibility index (Phi) is 24.3. The van der Waals surface area contributed by atoms with E-state index in [0.29, 0.717) is 25.9 Å². The number of nitrogens with one attached hydrogen (secondary N) is 1. The Bertz CT molecular complexity index is 483. The number of halogens is 2. The maximum absolute atomic E-state index is 12.8. The van der Waals surface area contributed by atoms with Crippen LogP contribution in [0.1, 0.15) is 116 Å². The van der Waals surface area contributed by atoms with Crippen LogP contribution in [-0.2, 0) is 9.59 Å². The van der Waals surface area contributed by atoms with Crippen molar-refractivity contribution in [2.45, 2.75) is 128 Å². The zero-order valence-corrected chi connectivity index (χ0v) is 22.7. The van der Waals surface area contributed by atoms with Crippen LogP contribution in [0.2, 0.25) is 0 Å². The zero-order chi connectivity index (χ0) is 22.7. The first-order valence-electron chi connectivity index (χ1n) is 13.1. The fourth-order valence-electron chi connectivity index (χ4n) is 4.44. The summed E-state index contributed by atoms with van der Waals surface area (Å²) in [6.45, 7) is 4.23. The van der Waals surface area contributed by atoms with E-state index in [2.05, 4.69) is 12.2 Å². The fraction of sp³-hybridized carbons (Fsp3) is 0.920. The average Bonchev–Trinajstić information content (AvgIpc) is 2.78. The Morgan fingerprint density at radius 2 is 1.52 bits per heavy atom. The molecule has 0 aromatic rings. The number of piperidine rings is 1.